The SMILES string of the molecule is CC(C)(C)OC(=O)[C@@H]1CNC[C@@H](O)C1. The molecule has 1 saturated heterocycles. The number of esters is 1. The van der Waals surface area contributed by atoms with Gasteiger partial charge in [0.15, 0.2) is 0 Å². The molecule has 82 valence electrons. The van der Waals surface area contributed by atoms with E-state index in [0.717, 1.165) is 0 Å². The summed E-state index contributed by atoms with van der Waals surface area (Å²) in [5.41, 5.74) is -0.445. The normalized spacial score (nSPS) is 28.6. The Bertz CT molecular complexity index is 210. The zero-order valence-corrected chi connectivity index (χ0v) is 9.04. The van der Waals surface area contributed by atoms with Crippen molar-refractivity contribution in [2.75, 3.05) is 13.1 Å². The Kier molecular flexibility index (Phi) is 3.50. The highest BCUT2D eigenvalue weighted by molar-refractivity contribution is 5.73. The highest BCUT2D eigenvalue weighted by atomic mass is 16.6. The summed E-state index contributed by atoms with van der Waals surface area (Å²) in [5, 5.41) is 12.4. The molecule has 1 heterocycles. The maximum absolute atomic E-state index is 11.6. The minimum atomic E-state index is -0.445. The van der Waals surface area contributed by atoms with Crippen LogP contribution < -0.4 is 5.32 Å². The fourth-order valence-electron chi connectivity index (χ4n) is 1.48. The molecule has 4 heteroatoms. The van der Waals surface area contributed by atoms with Crippen LogP contribution in [0, 0.1) is 5.92 Å². The van der Waals surface area contributed by atoms with Crippen LogP contribution in [0.4, 0.5) is 0 Å². The van der Waals surface area contributed by atoms with Crippen molar-refractivity contribution < 1.29 is 14.6 Å². The number of aliphatic hydroxyl groups excluding tert-OH is 1. The van der Waals surface area contributed by atoms with Gasteiger partial charge in [-0.05, 0) is 27.2 Å². The molecule has 0 radical (unpaired) electrons. The van der Waals surface area contributed by atoms with Gasteiger partial charge in [-0.1, -0.05) is 0 Å². The number of carbonyl (C=O) groups is 1. The number of piperidine rings is 1. The largest absolute Gasteiger partial charge is 0.460 e. The third kappa shape index (κ3) is 3.64. The van der Waals surface area contributed by atoms with E-state index < -0.39 is 11.7 Å². The molecule has 0 aromatic heterocycles. The molecule has 1 fully saturated rings. The first-order chi connectivity index (χ1) is 6.38. The topological polar surface area (TPSA) is 58.6 Å². The highest BCUT2D eigenvalue weighted by Crippen LogP contribution is 2.16. The quantitative estimate of drug-likeness (QED) is 0.599. The number of β-amino-alcohol motifs (C(OH)–C–C–N with tert-alkyl or cyclic N) is 1. The van der Waals surface area contributed by atoms with Crippen LogP contribution >= 0.6 is 0 Å². The number of hydrogen-bond acceptors (Lipinski definition) is 4. The van der Waals surface area contributed by atoms with E-state index >= 15 is 0 Å². The molecule has 0 aromatic carbocycles. The van der Waals surface area contributed by atoms with Gasteiger partial charge in [0, 0.05) is 13.1 Å². The Balaban J connectivity index is 2.44. The summed E-state index contributed by atoms with van der Waals surface area (Å²) in [6.07, 6.45) is 0.0725. The van der Waals surface area contributed by atoms with Crippen molar-refractivity contribution in [3.63, 3.8) is 0 Å². The molecule has 2 N–H and O–H groups in total. The van der Waals surface area contributed by atoms with Gasteiger partial charge in [0.1, 0.15) is 5.60 Å². The predicted octanol–water partition coefficient (Wildman–Crippen LogP) is 0.298. The van der Waals surface area contributed by atoms with E-state index in [-0.39, 0.29) is 11.9 Å². The lowest BCUT2D eigenvalue weighted by atomic mass is 9.97. The average molecular weight is 201 g/mol. The van der Waals surface area contributed by atoms with Gasteiger partial charge >= 0.3 is 5.97 Å². The van der Waals surface area contributed by atoms with E-state index in [0.29, 0.717) is 19.5 Å². The van der Waals surface area contributed by atoms with Crippen LogP contribution in [-0.2, 0) is 9.53 Å². The summed E-state index contributed by atoms with van der Waals surface area (Å²) in [4.78, 5) is 11.6. The summed E-state index contributed by atoms with van der Waals surface area (Å²) in [7, 11) is 0. The average Bonchev–Trinajstić information content (AvgIpc) is 2.01. The Morgan fingerprint density at radius 3 is 2.57 bits per heavy atom. The van der Waals surface area contributed by atoms with Crippen LogP contribution in [0.5, 0.6) is 0 Å². The van der Waals surface area contributed by atoms with Crippen molar-refractivity contribution in [1.29, 1.82) is 0 Å². The lowest BCUT2D eigenvalue weighted by Gasteiger charge is -2.28. The van der Waals surface area contributed by atoms with Crippen molar-refractivity contribution in [3.05, 3.63) is 0 Å². The monoisotopic (exact) mass is 201 g/mol. The molecule has 0 bridgehead atoms. The van der Waals surface area contributed by atoms with Crippen LogP contribution in [0.2, 0.25) is 0 Å². The van der Waals surface area contributed by atoms with Crippen molar-refractivity contribution in [1.82, 2.24) is 5.32 Å². The van der Waals surface area contributed by atoms with E-state index in [1.54, 1.807) is 0 Å². The van der Waals surface area contributed by atoms with Gasteiger partial charge in [0.2, 0.25) is 0 Å². The molecule has 0 aromatic rings. The number of nitrogens with one attached hydrogen (secondary N) is 1. The van der Waals surface area contributed by atoms with Gasteiger partial charge in [-0.2, -0.15) is 0 Å². The second-order valence-corrected chi connectivity index (χ2v) is 4.78. The van der Waals surface area contributed by atoms with Crippen LogP contribution in [-0.4, -0.2) is 35.9 Å². The van der Waals surface area contributed by atoms with Crippen molar-refractivity contribution in [3.8, 4) is 0 Å². The van der Waals surface area contributed by atoms with Crippen molar-refractivity contribution in [2.24, 2.45) is 5.92 Å². The first-order valence-corrected chi connectivity index (χ1v) is 5.00. The first-order valence-electron chi connectivity index (χ1n) is 5.00. The van der Waals surface area contributed by atoms with Gasteiger partial charge in [0.05, 0.1) is 12.0 Å². The molecular formula is C10H19NO3. The number of hydrogen-bond donors (Lipinski definition) is 2. The summed E-state index contributed by atoms with van der Waals surface area (Å²) >= 11 is 0. The maximum atomic E-state index is 11.6. The summed E-state index contributed by atoms with van der Waals surface area (Å²) in [5.74, 6) is -0.429. The second kappa shape index (κ2) is 4.28. The Labute approximate surface area is 84.6 Å². The maximum Gasteiger partial charge on any atom is 0.310 e. The van der Waals surface area contributed by atoms with Gasteiger partial charge in [-0.25, -0.2) is 0 Å². The molecule has 1 rings (SSSR count). The van der Waals surface area contributed by atoms with Gasteiger partial charge < -0.3 is 15.2 Å². The third-order valence-corrected chi connectivity index (χ3v) is 2.07. The minimum absolute atomic E-state index is 0.210. The molecule has 0 aliphatic carbocycles. The second-order valence-electron chi connectivity index (χ2n) is 4.78. The summed E-state index contributed by atoms with van der Waals surface area (Å²) < 4.78 is 5.24. The summed E-state index contributed by atoms with van der Waals surface area (Å²) in [6.45, 7) is 6.71. The summed E-state index contributed by atoms with van der Waals surface area (Å²) in [6, 6.07) is 0. The molecule has 0 saturated carbocycles. The molecule has 0 amide bonds. The molecule has 0 unspecified atom stereocenters. The van der Waals surface area contributed by atoms with Crippen molar-refractivity contribution >= 4 is 5.97 Å². The Hall–Kier alpha value is -0.610. The molecular weight excluding hydrogens is 182 g/mol. The number of ether oxygens (including phenoxy) is 1. The smallest absolute Gasteiger partial charge is 0.310 e. The molecule has 1 aliphatic heterocycles. The number of carbonyl (C=O) groups excluding carboxylic acids is 1. The zero-order valence-electron chi connectivity index (χ0n) is 9.04. The van der Waals surface area contributed by atoms with E-state index in [4.69, 9.17) is 4.74 Å². The Morgan fingerprint density at radius 1 is 1.43 bits per heavy atom. The third-order valence-electron chi connectivity index (χ3n) is 2.07. The van der Waals surface area contributed by atoms with Gasteiger partial charge in [-0.15, -0.1) is 0 Å². The van der Waals surface area contributed by atoms with E-state index in [1.807, 2.05) is 20.8 Å². The first kappa shape index (κ1) is 11.5. The van der Waals surface area contributed by atoms with Crippen LogP contribution in [0.3, 0.4) is 0 Å². The molecule has 4 nitrogen and oxygen atoms in total. The van der Waals surface area contributed by atoms with E-state index in [2.05, 4.69) is 5.32 Å². The molecule has 0 spiro atoms. The molecule has 14 heavy (non-hydrogen) atoms. The minimum Gasteiger partial charge on any atom is -0.460 e. The lowest BCUT2D eigenvalue weighted by molar-refractivity contribution is -0.161. The fourth-order valence-corrected chi connectivity index (χ4v) is 1.48. The number of rotatable bonds is 1. The van der Waals surface area contributed by atoms with Gasteiger partial charge in [-0.3, -0.25) is 4.79 Å². The van der Waals surface area contributed by atoms with Gasteiger partial charge in [0.25, 0.3) is 0 Å². The highest BCUT2D eigenvalue weighted by Gasteiger charge is 2.29. The number of aliphatic hydroxyl groups is 1. The van der Waals surface area contributed by atoms with Crippen LogP contribution in [0.15, 0.2) is 0 Å². The van der Waals surface area contributed by atoms with Crippen molar-refractivity contribution in [2.45, 2.75) is 38.9 Å². The van der Waals surface area contributed by atoms with Crippen LogP contribution in [0.1, 0.15) is 27.2 Å². The predicted molar refractivity (Wildman–Crippen MR) is 52.8 cm³/mol. The lowest BCUT2D eigenvalue weighted by Crippen LogP contribution is -2.44. The standard InChI is InChI=1S/C10H19NO3/c1-10(2,3)14-9(13)7-4-8(12)6-11-5-7/h7-8,11-12H,4-6H2,1-3H3/t7-,8-/m0/s1. The fraction of sp³-hybridized carbons (Fsp3) is 0.900. The Morgan fingerprint density at radius 2 is 2.07 bits per heavy atom. The molecule has 1 aliphatic rings. The van der Waals surface area contributed by atoms with E-state index in [1.165, 1.54) is 0 Å². The van der Waals surface area contributed by atoms with Crippen LogP contribution in [0.25, 0.3) is 0 Å². The van der Waals surface area contributed by atoms with E-state index in [9.17, 15) is 9.90 Å². The zero-order chi connectivity index (χ0) is 10.8. The molecule has 2 atom stereocenters.